The van der Waals surface area contributed by atoms with Crippen LogP contribution in [0.25, 0.3) is 10.2 Å². The Morgan fingerprint density at radius 2 is 1.79 bits per heavy atom. The number of hydrogen-bond acceptors (Lipinski definition) is 6. The van der Waals surface area contributed by atoms with E-state index in [9.17, 15) is 18.8 Å². The number of thiophene rings is 1. The molecule has 8 nitrogen and oxygen atoms in total. The van der Waals surface area contributed by atoms with Crippen molar-refractivity contribution in [3.8, 4) is 11.5 Å². The van der Waals surface area contributed by atoms with Gasteiger partial charge in [-0.3, -0.25) is 18.7 Å². The summed E-state index contributed by atoms with van der Waals surface area (Å²) in [6.45, 7) is -0.206. The average Bonchev–Trinajstić information content (AvgIpc) is 3.32. The molecule has 1 N–H and O–H groups in total. The van der Waals surface area contributed by atoms with Crippen molar-refractivity contribution in [2.45, 2.75) is 45.2 Å². The van der Waals surface area contributed by atoms with E-state index in [0.29, 0.717) is 28.1 Å². The Bertz CT molecular complexity index is 1640. The van der Waals surface area contributed by atoms with Crippen LogP contribution in [0.4, 0.5) is 10.1 Å². The van der Waals surface area contributed by atoms with Crippen molar-refractivity contribution in [3.05, 3.63) is 85.1 Å². The molecule has 0 unspecified atom stereocenters. The number of benzene rings is 2. The molecule has 0 spiro atoms. The van der Waals surface area contributed by atoms with Crippen LogP contribution in [0.15, 0.2) is 52.1 Å². The second-order valence-corrected chi connectivity index (χ2v) is 10.3. The van der Waals surface area contributed by atoms with Crippen molar-refractivity contribution < 1.29 is 18.7 Å². The number of rotatable bonds is 8. The van der Waals surface area contributed by atoms with Gasteiger partial charge in [-0.25, -0.2) is 9.18 Å². The Labute approximate surface area is 222 Å². The van der Waals surface area contributed by atoms with Gasteiger partial charge in [0.15, 0.2) is 11.5 Å². The van der Waals surface area contributed by atoms with E-state index in [1.165, 1.54) is 38.7 Å². The van der Waals surface area contributed by atoms with Crippen molar-refractivity contribution in [2.24, 2.45) is 0 Å². The van der Waals surface area contributed by atoms with E-state index in [4.69, 9.17) is 9.47 Å². The lowest BCUT2D eigenvalue weighted by Crippen LogP contribution is -2.42. The number of hydrogen-bond donors (Lipinski definition) is 1. The highest BCUT2D eigenvalue weighted by Gasteiger charge is 2.24. The van der Waals surface area contributed by atoms with E-state index in [0.717, 1.165) is 41.7 Å². The Balaban J connectivity index is 1.54. The van der Waals surface area contributed by atoms with Crippen LogP contribution in [0.5, 0.6) is 11.5 Å². The van der Waals surface area contributed by atoms with Gasteiger partial charge >= 0.3 is 5.69 Å². The van der Waals surface area contributed by atoms with E-state index in [1.807, 2.05) is 12.1 Å². The molecule has 0 aliphatic heterocycles. The average molecular weight is 538 g/mol. The number of carbonyl (C=O) groups is 1. The quantitative estimate of drug-likeness (QED) is 0.365. The van der Waals surface area contributed by atoms with Crippen molar-refractivity contribution in [1.29, 1.82) is 0 Å². The minimum absolute atomic E-state index is 0.0361. The molecule has 38 heavy (non-hydrogen) atoms. The Morgan fingerprint density at radius 1 is 1.03 bits per heavy atom. The zero-order valence-corrected chi connectivity index (χ0v) is 22.0. The number of anilines is 1. The zero-order valence-electron chi connectivity index (χ0n) is 21.2. The number of nitrogens with one attached hydrogen (secondary N) is 1. The topological polar surface area (TPSA) is 91.6 Å². The maximum Gasteiger partial charge on any atom is 0.332 e. The number of nitrogens with zero attached hydrogens (tertiary/aromatic N) is 2. The van der Waals surface area contributed by atoms with Gasteiger partial charge in [0.05, 0.1) is 25.3 Å². The number of fused-ring (bicyclic) bond motifs is 3. The van der Waals surface area contributed by atoms with Gasteiger partial charge in [0, 0.05) is 11.4 Å². The molecule has 198 valence electrons. The van der Waals surface area contributed by atoms with Gasteiger partial charge < -0.3 is 14.8 Å². The van der Waals surface area contributed by atoms with Crippen molar-refractivity contribution in [1.82, 2.24) is 9.13 Å². The van der Waals surface area contributed by atoms with E-state index in [1.54, 1.807) is 26.4 Å². The lowest BCUT2D eigenvalue weighted by molar-refractivity contribution is -0.116. The molecule has 0 bridgehead atoms. The van der Waals surface area contributed by atoms with Gasteiger partial charge in [0.1, 0.15) is 17.2 Å². The number of ether oxygens (including phenoxy) is 2. The summed E-state index contributed by atoms with van der Waals surface area (Å²) in [7, 11) is 3.10. The molecule has 0 radical (unpaired) electrons. The third-order valence-corrected chi connectivity index (χ3v) is 8.16. The first-order valence-corrected chi connectivity index (χ1v) is 13.3. The van der Waals surface area contributed by atoms with E-state index in [-0.39, 0.29) is 24.3 Å². The van der Waals surface area contributed by atoms with Gasteiger partial charge in [-0.2, -0.15) is 0 Å². The van der Waals surface area contributed by atoms with Crippen molar-refractivity contribution in [2.75, 3.05) is 19.5 Å². The molecule has 2 aromatic heterocycles. The first-order chi connectivity index (χ1) is 18.4. The van der Waals surface area contributed by atoms with Gasteiger partial charge in [-0.15, -0.1) is 11.3 Å². The molecule has 0 saturated carbocycles. The predicted octanol–water partition coefficient (Wildman–Crippen LogP) is 4.14. The fourth-order valence-corrected chi connectivity index (χ4v) is 6.30. The van der Waals surface area contributed by atoms with Gasteiger partial charge in [-0.05, 0) is 67.5 Å². The third-order valence-electron chi connectivity index (χ3n) is 6.84. The number of methoxy groups -OCH3 is 2. The molecular formula is C28H28FN3O5S. The standard InChI is InChI=1S/C28H28FN3O5S/c1-36-21-12-11-17(15-22(21)37-2)13-14-31-26(34)25-18-7-3-6-10-23(18)38-27(25)32(28(31)35)16-24(33)30-20-9-5-4-8-19(20)29/h4-5,8-9,11-12,15H,3,6-7,10,13-14,16H2,1-2H3,(H,30,33). The van der Waals surface area contributed by atoms with Gasteiger partial charge in [0.2, 0.25) is 5.91 Å². The molecule has 0 atom stereocenters. The molecule has 2 heterocycles. The van der Waals surface area contributed by atoms with Gasteiger partial charge in [-0.1, -0.05) is 18.2 Å². The molecule has 1 aliphatic carbocycles. The lowest BCUT2D eigenvalue weighted by Gasteiger charge is -2.14. The highest BCUT2D eigenvalue weighted by Crippen LogP contribution is 2.34. The molecule has 1 aliphatic rings. The Morgan fingerprint density at radius 3 is 2.55 bits per heavy atom. The maximum atomic E-state index is 14.1. The summed E-state index contributed by atoms with van der Waals surface area (Å²) in [5, 5.41) is 3.06. The summed E-state index contributed by atoms with van der Waals surface area (Å²) in [6, 6.07) is 11.3. The minimum atomic E-state index is -0.565. The maximum absolute atomic E-state index is 14.1. The SMILES string of the molecule is COc1ccc(CCn2c(=O)c3c4c(sc3n(CC(=O)Nc3ccccc3F)c2=O)CCCC4)cc1OC. The van der Waals surface area contributed by atoms with E-state index in [2.05, 4.69) is 5.32 Å². The highest BCUT2D eigenvalue weighted by molar-refractivity contribution is 7.18. The summed E-state index contributed by atoms with van der Waals surface area (Å²) in [6.07, 6.45) is 3.99. The molecule has 5 rings (SSSR count). The van der Waals surface area contributed by atoms with Crippen LogP contribution in [0.2, 0.25) is 0 Å². The fourth-order valence-electron chi connectivity index (χ4n) is 4.93. The summed E-state index contributed by atoms with van der Waals surface area (Å²) >= 11 is 1.40. The number of aryl methyl sites for hydroxylation is 3. The van der Waals surface area contributed by atoms with Crippen LogP contribution >= 0.6 is 11.3 Å². The van der Waals surface area contributed by atoms with Crippen LogP contribution in [0.1, 0.15) is 28.8 Å². The highest BCUT2D eigenvalue weighted by atomic mass is 32.1. The van der Waals surface area contributed by atoms with E-state index >= 15 is 0 Å². The summed E-state index contributed by atoms with van der Waals surface area (Å²) in [5.74, 6) is 0.0321. The summed E-state index contributed by atoms with van der Waals surface area (Å²) in [4.78, 5) is 41.8. The van der Waals surface area contributed by atoms with Gasteiger partial charge in [0.25, 0.3) is 5.56 Å². The molecule has 0 fully saturated rings. The summed E-state index contributed by atoms with van der Waals surface area (Å²) in [5.41, 5.74) is 0.976. The predicted molar refractivity (Wildman–Crippen MR) is 145 cm³/mol. The van der Waals surface area contributed by atoms with Crippen LogP contribution < -0.4 is 26.0 Å². The number of carbonyl (C=O) groups excluding carboxylic acids is 1. The van der Waals surface area contributed by atoms with Crippen LogP contribution in [-0.4, -0.2) is 29.3 Å². The molecule has 1 amide bonds. The molecule has 2 aromatic carbocycles. The molecule has 4 aromatic rings. The monoisotopic (exact) mass is 537 g/mol. The van der Waals surface area contributed by atoms with E-state index < -0.39 is 17.4 Å². The molecule has 10 heteroatoms. The zero-order chi connectivity index (χ0) is 26.8. The van der Waals surface area contributed by atoms with Crippen LogP contribution in [0, 0.1) is 5.82 Å². The fraction of sp³-hybridized carbons (Fsp3) is 0.321. The Hall–Kier alpha value is -3.92. The second kappa shape index (κ2) is 10.8. The van der Waals surface area contributed by atoms with Crippen LogP contribution in [-0.2, 0) is 37.1 Å². The second-order valence-electron chi connectivity index (χ2n) is 9.18. The van der Waals surface area contributed by atoms with Crippen molar-refractivity contribution >= 4 is 33.1 Å². The summed E-state index contributed by atoms with van der Waals surface area (Å²) < 4.78 is 27.3. The lowest BCUT2D eigenvalue weighted by atomic mass is 9.97. The first kappa shape index (κ1) is 25.7. The first-order valence-electron chi connectivity index (χ1n) is 12.4. The third kappa shape index (κ3) is 4.83. The van der Waals surface area contributed by atoms with Crippen LogP contribution in [0.3, 0.4) is 0 Å². The van der Waals surface area contributed by atoms with Crippen molar-refractivity contribution in [3.63, 3.8) is 0 Å². The largest absolute Gasteiger partial charge is 0.493 e. The molecular weight excluding hydrogens is 509 g/mol. The smallest absolute Gasteiger partial charge is 0.332 e. The Kier molecular flexibility index (Phi) is 7.33. The number of halogens is 1. The number of para-hydroxylation sites is 1. The minimum Gasteiger partial charge on any atom is -0.493 e. The normalized spacial score (nSPS) is 12.8. The molecule has 0 saturated heterocycles. The number of amides is 1. The number of aromatic nitrogens is 2.